The molecule has 1 saturated carbocycles. The highest BCUT2D eigenvalue weighted by molar-refractivity contribution is 7.89. The van der Waals surface area contributed by atoms with Crippen molar-refractivity contribution in [3.05, 3.63) is 18.3 Å². The predicted molar refractivity (Wildman–Crippen MR) is 60.0 cm³/mol. The summed E-state index contributed by atoms with van der Waals surface area (Å²) in [4.78, 5) is 3.88. The molecular formula is C9H14N4O2S. The zero-order valence-corrected chi connectivity index (χ0v) is 9.74. The molecular weight excluding hydrogens is 228 g/mol. The lowest BCUT2D eigenvalue weighted by Gasteiger charge is -2.17. The van der Waals surface area contributed by atoms with Crippen LogP contribution in [-0.2, 0) is 10.0 Å². The molecule has 1 aliphatic carbocycles. The summed E-state index contributed by atoms with van der Waals surface area (Å²) >= 11 is 0. The van der Waals surface area contributed by atoms with Gasteiger partial charge in [0.2, 0.25) is 0 Å². The second-order valence-corrected chi connectivity index (χ2v) is 5.67. The van der Waals surface area contributed by atoms with Crippen LogP contribution in [-0.4, -0.2) is 30.8 Å². The second-order valence-electron chi connectivity index (χ2n) is 3.75. The number of aromatic nitrogens is 1. The number of hydrogen-bond acceptors (Lipinski definition) is 5. The average Bonchev–Trinajstić information content (AvgIpc) is 3.11. The van der Waals surface area contributed by atoms with Crippen LogP contribution in [0.1, 0.15) is 12.8 Å². The Kier molecular flexibility index (Phi) is 2.83. The van der Waals surface area contributed by atoms with E-state index in [1.807, 2.05) is 0 Å². The Labute approximate surface area is 94.5 Å². The molecule has 0 aliphatic heterocycles. The Bertz CT molecular complexity index is 484. The van der Waals surface area contributed by atoms with Gasteiger partial charge in [0.25, 0.3) is 10.0 Å². The van der Waals surface area contributed by atoms with Crippen LogP contribution in [0.3, 0.4) is 0 Å². The third kappa shape index (κ3) is 1.89. The molecule has 0 radical (unpaired) electrons. The maximum absolute atomic E-state index is 12.2. The van der Waals surface area contributed by atoms with Gasteiger partial charge in [-0.2, -0.15) is 4.31 Å². The van der Waals surface area contributed by atoms with E-state index in [2.05, 4.69) is 10.4 Å². The first-order valence-corrected chi connectivity index (χ1v) is 6.41. The first-order chi connectivity index (χ1) is 7.57. The van der Waals surface area contributed by atoms with Gasteiger partial charge in [-0.1, -0.05) is 0 Å². The molecule has 0 spiro atoms. The summed E-state index contributed by atoms with van der Waals surface area (Å²) in [6.07, 6.45) is 3.26. The monoisotopic (exact) mass is 242 g/mol. The molecule has 1 aromatic rings. The van der Waals surface area contributed by atoms with E-state index in [-0.39, 0.29) is 11.1 Å². The minimum Gasteiger partial charge on any atom is -0.321 e. The predicted octanol–water partition coefficient (Wildman–Crippen LogP) is 0.150. The lowest BCUT2D eigenvalue weighted by Crippen LogP contribution is -2.30. The minimum absolute atomic E-state index is 0.0214. The van der Waals surface area contributed by atoms with Crippen molar-refractivity contribution in [1.82, 2.24) is 9.29 Å². The molecule has 0 bridgehead atoms. The molecule has 0 saturated heterocycles. The maximum atomic E-state index is 12.2. The van der Waals surface area contributed by atoms with E-state index in [1.54, 1.807) is 19.2 Å². The molecule has 0 aromatic carbocycles. The van der Waals surface area contributed by atoms with E-state index >= 15 is 0 Å². The third-order valence-electron chi connectivity index (χ3n) is 2.61. The van der Waals surface area contributed by atoms with Gasteiger partial charge in [0.15, 0.2) is 5.03 Å². The first-order valence-electron chi connectivity index (χ1n) is 4.97. The SMILES string of the molecule is CN(C1CC1)S(=O)(=O)c1ncccc1NN. The Morgan fingerprint density at radius 3 is 2.81 bits per heavy atom. The molecule has 6 nitrogen and oxygen atoms in total. The Hall–Kier alpha value is -1.18. The number of sulfonamides is 1. The van der Waals surface area contributed by atoms with Crippen molar-refractivity contribution in [2.24, 2.45) is 5.84 Å². The number of nitrogens with one attached hydrogen (secondary N) is 1. The number of rotatable bonds is 4. The van der Waals surface area contributed by atoms with Crippen LogP contribution < -0.4 is 11.3 Å². The van der Waals surface area contributed by atoms with Crippen molar-refractivity contribution >= 4 is 15.7 Å². The fourth-order valence-electron chi connectivity index (χ4n) is 1.48. The van der Waals surface area contributed by atoms with Crippen LogP contribution in [0.25, 0.3) is 0 Å². The van der Waals surface area contributed by atoms with Crippen molar-refractivity contribution in [2.75, 3.05) is 12.5 Å². The highest BCUT2D eigenvalue weighted by Gasteiger charge is 2.36. The van der Waals surface area contributed by atoms with Crippen LogP contribution in [0.15, 0.2) is 23.4 Å². The number of hydrazine groups is 1. The Balaban J connectivity index is 2.41. The largest absolute Gasteiger partial charge is 0.321 e. The van der Waals surface area contributed by atoms with Crippen LogP contribution in [0.5, 0.6) is 0 Å². The molecule has 1 aliphatic rings. The summed E-state index contributed by atoms with van der Waals surface area (Å²) in [5.74, 6) is 5.27. The smallest absolute Gasteiger partial charge is 0.262 e. The summed E-state index contributed by atoms with van der Waals surface area (Å²) in [6.45, 7) is 0. The van der Waals surface area contributed by atoms with Gasteiger partial charge in [0, 0.05) is 19.3 Å². The average molecular weight is 242 g/mol. The fourth-order valence-corrected chi connectivity index (χ4v) is 2.95. The number of anilines is 1. The number of nitrogens with two attached hydrogens (primary N) is 1. The van der Waals surface area contributed by atoms with Gasteiger partial charge in [-0.25, -0.2) is 13.4 Å². The van der Waals surface area contributed by atoms with Gasteiger partial charge in [0.1, 0.15) is 0 Å². The van der Waals surface area contributed by atoms with E-state index in [1.165, 1.54) is 10.5 Å². The summed E-state index contributed by atoms with van der Waals surface area (Å²) < 4.78 is 25.7. The molecule has 3 N–H and O–H groups in total. The molecule has 7 heteroatoms. The van der Waals surface area contributed by atoms with Crippen LogP contribution in [0, 0.1) is 0 Å². The van der Waals surface area contributed by atoms with E-state index < -0.39 is 10.0 Å². The summed E-state index contributed by atoms with van der Waals surface area (Å²) in [6, 6.07) is 3.32. The van der Waals surface area contributed by atoms with Gasteiger partial charge in [-0.05, 0) is 25.0 Å². The summed E-state index contributed by atoms with van der Waals surface area (Å²) in [5.41, 5.74) is 2.66. The Morgan fingerprint density at radius 1 is 1.56 bits per heavy atom. The van der Waals surface area contributed by atoms with Gasteiger partial charge >= 0.3 is 0 Å². The lowest BCUT2D eigenvalue weighted by atomic mass is 10.4. The molecule has 2 rings (SSSR count). The zero-order valence-electron chi connectivity index (χ0n) is 8.92. The molecule has 16 heavy (non-hydrogen) atoms. The molecule has 1 fully saturated rings. The lowest BCUT2D eigenvalue weighted by molar-refractivity contribution is 0.462. The van der Waals surface area contributed by atoms with Crippen molar-refractivity contribution in [3.8, 4) is 0 Å². The standard InChI is InChI=1S/C9H14N4O2S/c1-13(7-4-5-7)16(14,15)9-8(12-10)3-2-6-11-9/h2-3,6-7,12H,4-5,10H2,1H3. The molecule has 1 heterocycles. The van der Waals surface area contributed by atoms with Crippen molar-refractivity contribution in [1.29, 1.82) is 0 Å². The van der Waals surface area contributed by atoms with E-state index in [9.17, 15) is 8.42 Å². The van der Waals surface area contributed by atoms with E-state index in [0.29, 0.717) is 5.69 Å². The highest BCUT2D eigenvalue weighted by atomic mass is 32.2. The topological polar surface area (TPSA) is 88.3 Å². The third-order valence-corrected chi connectivity index (χ3v) is 4.48. The zero-order chi connectivity index (χ0) is 11.8. The number of nitrogen functional groups attached to an aromatic ring is 1. The second kappa shape index (κ2) is 4.00. The van der Waals surface area contributed by atoms with Crippen LogP contribution in [0.4, 0.5) is 5.69 Å². The van der Waals surface area contributed by atoms with Crippen molar-refractivity contribution in [3.63, 3.8) is 0 Å². The van der Waals surface area contributed by atoms with Gasteiger partial charge in [-0.3, -0.25) is 5.84 Å². The quantitative estimate of drug-likeness (QED) is 0.579. The Morgan fingerprint density at radius 2 is 2.25 bits per heavy atom. The number of nitrogens with zero attached hydrogens (tertiary/aromatic N) is 2. The minimum atomic E-state index is -3.54. The molecule has 0 amide bonds. The van der Waals surface area contributed by atoms with Gasteiger partial charge < -0.3 is 5.43 Å². The van der Waals surface area contributed by atoms with Crippen molar-refractivity contribution < 1.29 is 8.42 Å². The molecule has 0 atom stereocenters. The van der Waals surface area contributed by atoms with Gasteiger partial charge in [-0.15, -0.1) is 0 Å². The maximum Gasteiger partial charge on any atom is 0.262 e. The molecule has 0 unspecified atom stereocenters. The summed E-state index contributed by atoms with van der Waals surface area (Å²) in [5, 5.41) is -0.0214. The molecule has 1 aromatic heterocycles. The molecule has 88 valence electrons. The fraction of sp³-hybridized carbons (Fsp3) is 0.444. The van der Waals surface area contributed by atoms with Crippen LogP contribution in [0.2, 0.25) is 0 Å². The number of hydrogen-bond donors (Lipinski definition) is 2. The van der Waals surface area contributed by atoms with Crippen molar-refractivity contribution in [2.45, 2.75) is 23.9 Å². The van der Waals surface area contributed by atoms with E-state index in [4.69, 9.17) is 5.84 Å². The summed E-state index contributed by atoms with van der Waals surface area (Å²) in [7, 11) is -1.97. The van der Waals surface area contributed by atoms with Crippen LogP contribution >= 0.6 is 0 Å². The highest BCUT2D eigenvalue weighted by Crippen LogP contribution is 2.31. The first kappa shape index (κ1) is 11.3. The number of pyridine rings is 1. The van der Waals surface area contributed by atoms with E-state index in [0.717, 1.165) is 12.8 Å². The van der Waals surface area contributed by atoms with Gasteiger partial charge in [0.05, 0.1) is 5.69 Å². The normalized spacial score (nSPS) is 16.4.